The normalized spacial score (nSPS) is 14.5. The van der Waals surface area contributed by atoms with Crippen LogP contribution < -0.4 is 5.32 Å². The molecule has 1 aromatic heterocycles. The third kappa shape index (κ3) is 5.22. The first-order chi connectivity index (χ1) is 11.3. The minimum Gasteiger partial charge on any atom is -0.357 e. The molecule has 1 N–H and O–H groups in total. The third-order valence-corrected chi connectivity index (χ3v) is 4.03. The Morgan fingerprint density at radius 3 is 2.62 bits per heavy atom. The number of benzene rings is 1. The average Bonchev–Trinajstić information content (AvgIpc) is 3.24. The number of halogens is 1. The molecule has 0 saturated carbocycles. The van der Waals surface area contributed by atoms with Crippen LogP contribution in [-0.2, 0) is 13.1 Å². The van der Waals surface area contributed by atoms with E-state index in [1.54, 1.807) is 0 Å². The molecule has 0 bridgehead atoms. The van der Waals surface area contributed by atoms with Crippen molar-refractivity contribution < 1.29 is 0 Å². The summed E-state index contributed by atoms with van der Waals surface area (Å²) in [5.74, 6) is 1.03. The van der Waals surface area contributed by atoms with Crippen molar-refractivity contribution in [2.75, 3.05) is 19.6 Å². The molecular weight excluding hydrogens is 413 g/mol. The molecule has 5 nitrogen and oxygen atoms in total. The number of hydrogen-bond donors (Lipinski definition) is 1. The summed E-state index contributed by atoms with van der Waals surface area (Å²) in [5.41, 5.74) is 2.41. The second-order valence-electron chi connectivity index (χ2n) is 5.90. The van der Waals surface area contributed by atoms with Gasteiger partial charge in [-0.2, -0.15) is 5.10 Å². The van der Waals surface area contributed by atoms with E-state index in [-0.39, 0.29) is 24.0 Å². The van der Waals surface area contributed by atoms with Crippen LogP contribution in [0.4, 0.5) is 0 Å². The first-order valence-electron chi connectivity index (χ1n) is 8.43. The van der Waals surface area contributed by atoms with Crippen molar-refractivity contribution in [3.8, 4) is 0 Å². The fourth-order valence-electron chi connectivity index (χ4n) is 2.87. The van der Waals surface area contributed by atoms with Gasteiger partial charge in [0, 0.05) is 31.4 Å². The van der Waals surface area contributed by atoms with Gasteiger partial charge in [0.2, 0.25) is 0 Å². The number of aromatic nitrogens is 2. The SMILES string of the molecule is CCNC(=NCc1cnn(Cc2ccccc2)c1)N1CCCC1.I. The van der Waals surface area contributed by atoms with Crippen LogP contribution in [0, 0.1) is 0 Å². The summed E-state index contributed by atoms with van der Waals surface area (Å²) in [5, 5.41) is 7.84. The summed E-state index contributed by atoms with van der Waals surface area (Å²) >= 11 is 0. The van der Waals surface area contributed by atoms with Crippen LogP contribution in [0.1, 0.15) is 30.9 Å². The number of hydrogen-bond acceptors (Lipinski definition) is 2. The van der Waals surface area contributed by atoms with Gasteiger partial charge in [-0.1, -0.05) is 30.3 Å². The lowest BCUT2D eigenvalue weighted by Gasteiger charge is -2.20. The Kier molecular flexibility index (Phi) is 7.55. The van der Waals surface area contributed by atoms with Crippen molar-refractivity contribution in [2.45, 2.75) is 32.9 Å². The van der Waals surface area contributed by atoms with E-state index in [4.69, 9.17) is 4.99 Å². The minimum atomic E-state index is 0. The molecule has 2 heterocycles. The first kappa shape index (κ1) is 18.8. The first-order valence-corrected chi connectivity index (χ1v) is 8.43. The Hall–Kier alpha value is -1.57. The molecule has 0 amide bonds. The number of guanidine groups is 1. The minimum absolute atomic E-state index is 0. The Labute approximate surface area is 161 Å². The van der Waals surface area contributed by atoms with E-state index >= 15 is 0 Å². The van der Waals surface area contributed by atoms with Crippen molar-refractivity contribution in [2.24, 2.45) is 4.99 Å². The van der Waals surface area contributed by atoms with Crippen LogP contribution in [0.2, 0.25) is 0 Å². The Bertz CT molecular complexity index is 632. The standard InChI is InChI=1S/C18H25N5.HI/c1-2-19-18(22-10-6-7-11-22)20-12-17-13-21-23(15-17)14-16-8-4-3-5-9-16;/h3-5,8-9,13,15H,2,6-7,10-12,14H2,1H3,(H,19,20);1H. The molecule has 2 aromatic rings. The zero-order valence-corrected chi connectivity index (χ0v) is 16.5. The predicted molar refractivity (Wildman–Crippen MR) is 109 cm³/mol. The van der Waals surface area contributed by atoms with Crippen molar-refractivity contribution in [1.29, 1.82) is 0 Å². The van der Waals surface area contributed by atoms with Crippen molar-refractivity contribution in [3.05, 3.63) is 53.9 Å². The summed E-state index contributed by atoms with van der Waals surface area (Å²) in [6, 6.07) is 10.4. The molecule has 1 saturated heterocycles. The van der Waals surface area contributed by atoms with Crippen LogP contribution in [0.15, 0.2) is 47.7 Å². The quantitative estimate of drug-likeness (QED) is 0.443. The van der Waals surface area contributed by atoms with Gasteiger partial charge in [0.05, 0.1) is 19.3 Å². The molecule has 130 valence electrons. The number of nitrogens with one attached hydrogen (secondary N) is 1. The highest BCUT2D eigenvalue weighted by Crippen LogP contribution is 2.09. The Balaban J connectivity index is 0.00000208. The smallest absolute Gasteiger partial charge is 0.194 e. The van der Waals surface area contributed by atoms with Crippen LogP contribution in [-0.4, -0.2) is 40.3 Å². The molecule has 6 heteroatoms. The summed E-state index contributed by atoms with van der Waals surface area (Å²) in [7, 11) is 0. The molecule has 24 heavy (non-hydrogen) atoms. The van der Waals surface area contributed by atoms with Crippen LogP contribution in [0.25, 0.3) is 0 Å². The molecule has 1 fully saturated rings. The molecule has 1 aliphatic heterocycles. The van der Waals surface area contributed by atoms with Crippen molar-refractivity contribution >= 4 is 29.9 Å². The number of aliphatic imine (C=N–C) groups is 1. The summed E-state index contributed by atoms with van der Waals surface area (Å²) in [4.78, 5) is 7.11. The maximum Gasteiger partial charge on any atom is 0.194 e. The van der Waals surface area contributed by atoms with Gasteiger partial charge in [0.15, 0.2) is 5.96 Å². The molecule has 0 spiro atoms. The maximum atomic E-state index is 4.76. The van der Waals surface area contributed by atoms with E-state index in [2.05, 4.69) is 52.7 Å². The van der Waals surface area contributed by atoms with Gasteiger partial charge < -0.3 is 10.2 Å². The van der Waals surface area contributed by atoms with E-state index in [9.17, 15) is 0 Å². The van der Waals surface area contributed by atoms with Crippen LogP contribution >= 0.6 is 24.0 Å². The zero-order chi connectivity index (χ0) is 15.9. The number of rotatable bonds is 5. The lowest BCUT2D eigenvalue weighted by molar-refractivity contribution is 0.493. The topological polar surface area (TPSA) is 45.5 Å². The van der Waals surface area contributed by atoms with E-state index in [0.717, 1.165) is 37.7 Å². The largest absolute Gasteiger partial charge is 0.357 e. The second kappa shape index (κ2) is 9.66. The Morgan fingerprint density at radius 2 is 1.92 bits per heavy atom. The number of likely N-dealkylation sites (tertiary alicyclic amines) is 1. The maximum absolute atomic E-state index is 4.76. The second-order valence-corrected chi connectivity index (χ2v) is 5.90. The lowest BCUT2D eigenvalue weighted by Crippen LogP contribution is -2.39. The van der Waals surface area contributed by atoms with Crippen molar-refractivity contribution in [3.63, 3.8) is 0 Å². The van der Waals surface area contributed by atoms with Gasteiger partial charge in [-0.3, -0.25) is 4.68 Å². The molecule has 1 aromatic carbocycles. The predicted octanol–water partition coefficient (Wildman–Crippen LogP) is 3.11. The van der Waals surface area contributed by atoms with Gasteiger partial charge in [-0.15, -0.1) is 24.0 Å². The zero-order valence-electron chi connectivity index (χ0n) is 14.2. The van der Waals surface area contributed by atoms with E-state index in [0.29, 0.717) is 6.54 Å². The molecule has 0 aliphatic carbocycles. The molecule has 0 unspecified atom stereocenters. The highest BCUT2D eigenvalue weighted by molar-refractivity contribution is 14.0. The fourth-order valence-corrected chi connectivity index (χ4v) is 2.87. The summed E-state index contributed by atoms with van der Waals surface area (Å²) in [6.45, 7) is 6.72. The number of nitrogens with zero attached hydrogens (tertiary/aromatic N) is 4. The van der Waals surface area contributed by atoms with Crippen molar-refractivity contribution in [1.82, 2.24) is 20.0 Å². The van der Waals surface area contributed by atoms with E-state index < -0.39 is 0 Å². The summed E-state index contributed by atoms with van der Waals surface area (Å²) in [6.07, 6.45) is 6.53. The van der Waals surface area contributed by atoms with E-state index in [1.165, 1.54) is 18.4 Å². The molecule has 0 radical (unpaired) electrons. The molecule has 0 atom stereocenters. The molecular formula is C18H26IN5. The van der Waals surface area contributed by atoms with Gasteiger partial charge in [-0.25, -0.2) is 4.99 Å². The fraction of sp³-hybridized carbons (Fsp3) is 0.444. The van der Waals surface area contributed by atoms with Gasteiger partial charge in [-0.05, 0) is 25.3 Å². The van der Waals surface area contributed by atoms with E-state index in [1.807, 2.05) is 16.9 Å². The van der Waals surface area contributed by atoms with Crippen LogP contribution in [0.3, 0.4) is 0 Å². The molecule has 3 rings (SSSR count). The highest BCUT2D eigenvalue weighted by atomic mass is 127. The molecule has 1 aliphatic rings. The highest BCUT2D eigenvalue weighted by Gasteiger charge is 2.15. The third-order valence-electron chi connectivity index (χ3n) is 4.03. The summed E-state index contributed by atoms with van der Waals surface area (Å²) < 4.78 is 1.98. The van der Waals surface area contributed by atoms with Crippen LogP contribution in [0.5, 0.6) is 0 Å². The monoisotopic (exact) mass is 439 g/mol. The van der Waals surface area contributed by atoms with Gasteiger partial charge in [0.1, 0.15) is 0 Å². The lowest BCUT2D eigenvalue weighted by atomic mass is 10.2. The Morgan fingerprint density at radius 1 is 1.17 bits per heavy atom. The average molecular weight is 439 g/mol. The van der Waals surface area contributed by atoms with Gasteiger partial charge >= 0.3 is 0 Å². The van der Waals surface area contributed by atoms with Gasteiger partial charge in [0.25, 0.3) is 0 Å².